The molecule has 2 rings (SSSR count). The summed E-state index contributed by atoms with van der Waals surface area (Å²) >= 11 is 3.07. The highest BCUT2D eigenvalue weighted by molar-refractivity contribution is 9.10. The number of rotatable bonds is 6. The number of hydrogen-bond donors (Lipinski definition) is 2. The van der Waals surface area contributed by atoms with Gasteiger partial charge in [-0.2, -0.15) is 0 Å². The Kier molecular flexibility index (Phi) is 6.22. The lowest BCUT2D eigenvalue weighted by Gasteiger charge is -2.06. The third kappa shape index (κ3) is 4.72. The minimum absolute atomic E-state index is 0.0157. The zero-order valence-electron chi connectivity index (χ0n) is 13.2. The fraction of sp³-hybridized carbons (Fsp3) is 0.312. The van der Waals surface area contributed by atoms with Gasteiger partial charge in [0.25, 0.3) is 0 Å². The molecule has 1 aromatic carbocycles. The molecule has 1 heterocycles. The highest BCUT2D eigenvalue weighted by Crippen LogP contribution is 2.23. The van der Waals surface area contributed by atoms with Gasteiger partial charge in [0.1, 0.15) is 23.6 Å². The molecule has 0 aliphatic carbocycles. The predicted octanol–water partition coefficient (Wildman–Crippen LogP) is 3.79. The normalized spacial score (nSPS) is 11.8. The highest BCUT2D eigenvalue weighted by Gasteiger charge is 2.18. The first-order valence-corrected chi connectivity index (χ1v) is 8.09. The standard InChI is InChI=1S/C16H17BrFN3O3/c1-9(2)5-11(22)7-15-12(8-24-21-15)16(20-23)19-10-3-4-14(18)13(17)6-10/h3-4,6,8-9,23H,5,7H2,1-2H3,(H,19,20). The summed E-state index contributed by atoms with van der Waals surface area (Å²) in [6.45, 7) is 3.91. The number of halogens is 2. The summed E-state index contributed by atoms with van der Waals surface area (Å²) in [5.74, 6) is -0.102. The number of nitrogens with zero attached hydrogens (tertiary/aromatic N) is 2. The van der Waals surface area contributed by atoms with Crippen LogP contribution >= 0.6 is 15.9 Å². The molecule has 0 fully saturated rings. The van der Waals surface area contributed by atoms with Crippen molar-refractivity contribution in [2.24, 2.45) is 10.9 Å². The van der Waals surface area contributed by atoms with Crippen molar-refractivity contribution in [3.63, 3.8) is 0 Å². The van der Waals surface area contributed by atoms with Crippen LogP contribution < -0.4 is 5.48 Å². The van der Waals surface area contributed by atoms with Crippen molar-refractivity contribution in [1.82, 2.24) is 10.6 Å². The maximum absolute atomic E-state index is 13.3. The van der Waals surface area contributed by atoms with Crippen LogP contribution in [0.15, 0.2) is 38.5 Å². The van der Waals surface area contributed by atoms with Crippen LogP contribution in [0.4, 0.5) is 10.1 Å². The van der Waals surface area contributed by atoms with E-state index < -0.39 is 5.82 Å². The maximum atomic E-state index is 13.3. The van der Waals surface area contributed by atoms with Gasteiger partial charge >= 0.3 is 0 Å². The Hall–Kier alpha value is -2.06. The number of ketones is 1. The van der Waals surface area contributed by atoms with Crippen LogP contribution in [0.5, 0.6) is 0 Å². The van der Waals surface area contributed by atoms with Crippen LogP contribution in [0.25, 0.3) is 0 Å². The van der Waals surface area contributed by atoms with E-state index in [4.69, 9.17) is 4.52 Å². The van der Waals surface area contributed by atoms with Crippen LogP contribution in [0, 0.1) is 11.7 Å². The number of hydroxylamine groups is 1. The minimum atomic E-state index is -0.419. The number of Topliss-reactive ketones (excluding diaryl/α,β-unsaturated/α-hetero) is 1. The molecular weight excluding hydrogens is 381 g/mol. The summed E-state index contributed by atoms with van der Waals surface area (Å²) in [5, 5.41) is 13.2. The molecule has 0 saturated heterocycles. The molecule has 0 aliphatic rings. The molecule has 2 aromatic rings. The van der Waals surface area contributed by atoms with Crippen molar-refractivity contribution in [3.8, 4) is 0 Å². The lowest BCUT2D eigenvalue weighted by Crippen LogP contribution is -2.22. The van der Waals surface area contributed by atoms with Crippen molar-refractivity contribution in [3.05, 3.63) is 46.0 Å². The van der Waals surface area contributed by atoms with Crippen LogP contribution in [0.1, 0.15) is 31.5 Å². The van der Waals surface area contributed by atoms with Gasteiger partial charge in [-0.15, -0.1) is 0 Å². The van der Waals surface area contributed by atoms with Gasteiger partial charge in [-0.1, -0.05) is 19.0 Å². The van der Waals surface area contributed by atoms with E-state index in [-0.39, 0.29) is 28.4 Å². The Labute approximate surface area is 146 Å². The van der Waals surface area contributed by atoms with E-state index in [1.54, 1.807) is 0 Å². The average Bonchev–Trinajstić information content (AvgIpc) is 2.95. The van der Waals surface area contributed by atoms with Gasteiger partial charge in [0.05, 0.1) is 22.1 Å². The molecule has 24 heavy (non-hydrogen) atoms. The van der Waals surface area contributed by atoms with Crippen molar-refractivity contribution in [2.75, 3.05) is 0 Å². The van der Waals surface area contributed by atoms with Crippen molar-refractivity contribution in [1.29, 1.82) is 0 Å². The summed E-state index contributed by atoms with van der Waals surface area (Å²) in [4.78, 5) is 16.2. The van der Waals surface area contributed by atoms with E-state index in [1.165, 1.54) is 24.5 Å². The van der Waals surface area contributed by atoms with Crippen LogP contribution in [-0.2, 0) is 11.2 Å². The number of carbonyl (C=O) groups is 1. The molecule has 0 bridgehead atoms. The van der Waals surface area contributed by atoms with Crippen molar-refractivity contribution >= 4 is 33.2 Å². The second-order valence-electron chi connectivity index (χ2n) is 5.66. The summed E-state index contributed by atoms with van der Waals surface area (Å²) in [5.41, 5.74) is 3.12. The fourth-order valence-corrected chi connectivity index (χ4v) is 2.49. The molecule has 0 aliphatic heterocycles. The van der Waals surface area contributed by atoms with Crippen LogP contribution in [0.2, 0.25) is 0 Å². The van der Waals surface area contributed by atoms with Gasteiger partial charge in [0.15, 0.2) is 5.84 Å². The Bertz CT molecular complexity index is 759. The predicted molar refractivity (Wildman–Crippen MR) is 89.9 cm³/mol. The number of aliphatic imine (C=N–C) groups is 1. The minimum Gasteiger partial charge on any atom is -0.364 e. The van der Waals surface area contributed by atoms with E-state index >= 15 is 0 Å². The molecule has 128 valence electrons. The van der Waals surface area contributed by atoms with E-state index in [1.807, 2.05) is 19.3 Å². The van der Waals surface area contributed by atoms with Crippen LogP contribution in [-0.4, -0.2) is 22.0 Å². The first-order chi connectivity index (χ1) is 11.4. The first-order valence-electron chi connectivity index (χ1n) is 7.30. The van der Waals surface area contributed by atoms with E-state index in [0.29, 0.717) is 23.4 Å². The van der Waals surface area contributed by atoms with Gasteiger partial charge in [-0.25, -0.2) is 9.38 Å². The summed E-state index contributed by atoms with van der Waals surface area (Å²) in [6.07, 6.45) is 1.80. The molecule has 0 unspecified atom stereocenters. The SMILES string of the molecule is CC(C)CC(=O)Cc1nocc1C(=Nc1ccc(F)c(Br)c1)NO. The molecule has 0 atom stereocenters. The zero-order chi connectivity index (χ0) is 17.7. The Morgan fingerprint density at radius 1 is 1.50 bits per heavy atom. The average molecular weight is 398 g/mol. The maximum Gasteiger partial charge on any atom is 0.162 e. The Morgan fingerprint density at radius 3 is 2.88 bits per heavy atom. The third-order valence-electron chi connectivity index (χ3n) is 3.15. The van der Waals surface area contributed by atoms with Gasteiger partial charge in [-0.05, 0) is 40.0 Å². The first kappa shape index (κ1) is 18.3. The highest BCUT2D eigenvalue weighted by atomic mass is 79.9. The quantitative estimate of drug-likeness (QED) is 0.439. The smallest absolute Gasteiger partial charge is 0.162 e. The molecule has 0 saturated carbocycles. The molecule has 0 spiro atoms. The van der Waals surface area contributed by atoms with Crippen molar-refractivity contribution in [2.45, 2.75) is 26.7 Å². The topological polar surface area (TPSA) is 87.7 Å². The monoisotopic (exact) mass is 397 g/mol. The summed E-state index contributed by atoms with van der Waals surface area (Å²) in [6, 6.07) is 4.16. The molecular formula is C16H17BrFN3O3. The summed E-state index contributed by atoms with van der Waals surface area (Å²) < 4.78 is 18.4. The van der Waals surface area contributed by atoms with E-state index in [9.17, 15) is 14.4 Å². The molecule has 0 radical (unpaired) electrons. The zero-order valence-corrected chi connectivity index (χ0v) is 14.8. The number of amidine groups is 1. The largest absolute Gasteiger partial charge is 0.364 e. The number of carbonyl (C=O) groups excluding carboxylic acids is 1. The molecule has 6 nitrogen and oxygen atoms in total. The van der Waals surface area contributed by atoms with E-state index in [2.05, 4.69) is 26.1 Å². The van der Waals surface area contributed by atoms with Gasteiger partial charge in [-0.3, -0.25) is 15.5 Å². The number of nitrogens with one attached hydrogen (secondary N) is 1. The Morgan fingerprint density at radius 2 is 2.25 bits per heavy atom. The lowest BCUT2D eigenvalue weighted by atomic mass is 10.0. The fourth-order valence-electron chi connectivity index (χ4n) is 2.12. The molecule has 8 heteroatoms. The number of benzene rings is 1. The molecule has 2 N–H and O–H groups in total. The number of hydrogen-bond acceptors (Lipinski definition) is 5. The van der Waals surface area contributed by atoms with Gasteiger partial charge in [0.2, 0.25) is 0 Å². The number of aromatic nitrogens is 1. The van der Waals surface area contributed by atoms with Gasteiger partial charge in [0, 0.05) is 6.42 Å². The van der Waals surface area contributed by atoms with Crippen molar-refractivity contribution < 1.29 is 18.9 Å². The second kappa shape index (κ2) is 8.16. The molecule has 0 amide bonds. The van der Waals surface area contributed by atoms with Gasteiger partial charge < -0.3 is 4.52 Å². The summed E-state index contributed by atoms with van der Waals surface area (Å²) in [7, 11) is 0. The molecule has 1 aromatic heterocycles. The second-order valence-corrected chi connectivity index (χ2v) is 6.51. The Balaban J connectivity index is 2.28. The van der Waals surface area contributed by atoms with Crippen LogP contribution in [0.3, 0.4) is 0 Å². The van der Waals surface area contributed by atoms with E-state index in [0.717, 1.165) is 0 Å². The lowest BCUT2D eigenvalue weighted by molar-refractivity contribution is -0.119. The third-order valence-corrected chi connectivity index (χ3v) is 3.76.